The highest BCUT2D eigenvalue weighted by molar-refractivity contribution is 6.31. The van der Waals surface area contributed by atoms with E-state index >= 15 is 0 Å². The Bertz CT molecular complexity index is 845. The molecular formula is C20H25ClN4O2. The number of rotatable bonds is 5. The summed E-state index contributed by atoms with van der Waals surface area (Å²) >= 11 is 6.03. The van der Waals surface area contributed by atoms with Crippen molar-refractivity contribution in [3.8, 4) is 0 Å². The Morgan fingerprint density at radius 3 is 2.63 bits per heavy atom. The fraction of sp³-hybridized carbons (Fsp3) is 0.650. The van der Waals surface area contributed by atoms with Crippen LogP contribution < -0.4 is 10.2 Å². The number of hydrogen-bond acceptors (Lipinski definition) is 4. The number of carbonyl (C=O) groups excluding carboxylic acids is 1. The predicted octanol–water partition coefficient (Wildman–Crippen LogP) is 3.23. The Morgan fingerprint density at radius 2 is 1.96 bits per heavy atom. The van der Waals surface area contributed by atoms with Crippen LogP contribution in [0.25, 0.3) is 11.0 Å². The van der Waals surface area contributed by atoms with Crippen molar-refractivity contribution in [2.75, 3.05) is 6.61 Å². The zero-order valence-corrected chi connectivity index (χ0v) is 16.3. The first-order valence-corrected chi connectivity index (χ1v) is 10.3. The van der Waals surface area contributed by atoms with Crippen LogP contribution in [0.1, 0.15) is 45.4 Å². The highest BCUT2D eigenvalue weighted by Crippen LogP contribution is 2.61. The van der Waals surface area contributed by atoms with E-state index in [0.29, 0.717) is 16.1 Å². The molecule has 4 aliphatic carbocycles. The van der Waals surface area contributed by atoms with Crippen LogP contribution >= 0.6 is 11.6 Å². The molecule has 6 nitrogen and oxygen atoms in total. The first-order valence-electron chi connectivity index (χ1n) is 9.94. The average molecular weight is 389 g/mol. The molecule has 4 saturated carbocycles. The standard InChI is InChI=1S/C20H25ClN4O2/c1-12(20-8-13-4-14(9-20)6-15(5-13)10-20)22-19(26)11-27-25-18-7-16(21)2-3-17(18)23-24-25/h2-3,7,12-15H,4-6,8-11H2,1H3,(H,22,26)/t12-,13?,14?,15?,20?/m0/s1. The van der Waals surface area contributed by atoms with E-state index in [9.17, 15) is 4.79 Å². The van der Waals surface area contributed by atoms with Crippen molar-refractivity contribution in [3.05, 3.63) is 23.2 Å². The number of nitrogens with zero attached hydrogens (tertiary/aromatic N) is 3. The Balaban J connectivity index is 1.22. The topological polar surface area (TPSA) is 69.0 Å². The van der Waals surface area contributed by atoms with Gasteiger partial charge in [-0.05, 0) is 92.0 Å². The SMILES string of the molecule is C[C@H](NC(=O)COn1nnc2ccc(Cl)cc21)C12CC3CC(CC(C3)C1)C2. The summed E-state index contributed by atoms with van der Waals surface area (Å²) < 4.78 is 0. The second kappa shape index (κ2) is 6.36. The lowest BCUT2D eigenvalue weighted by atomic mass is 9.48. The third-order valence-electron chi connectivity index (χ3n) is 7.08. The van der Waals surface area contributed by atoms with Gasteiger partial charge >= 0.3 is 0 Å². The van der Waals surface area contributed by atoms with Crippen LogP contribution in [-0.2, 0) is 4.79 Å². The van der Waals surface area contributed by atoms with Crippen molar-refractivity contribution in [3.63, 3.8) is 0 Å². The van der Waals surface area contributed by atoms with E-state index in [0.717, 1.165) is 17.8 Å². The van der Waals surface area contributed by atoms with Crippen molar-refractivity contribution in [1.29, 1.82) is 0 Å². The zero-order valence-electron chi connectivity index (χ0n) is 15.5. The molecule has 4 bridgehead atoms. The van der Waals surface area contributed by atoms with Crippen molar-refractivity contribution >= 4 is 28.5 Å². The minimum atomic E-state index is -0.107. The third-order valence-corrected chi connectivity index (χ3v) is 7.31. The summed E-state index contributed by atoms with van der Waals surface area (Å²) in [5, 5.41) is 11.8. The molecule has 0 unspecified atom stereocenters. The fourth-order valence-electron chi connectivity index (χ4n) is 6.23. The second-order valence-corrected chi connectivity index (χ2v) is 9.37. The Hall–Kier alpha value is -1.82. The number of nitrogens with one attached hydrogen (secondary N) is 1. The molecule has 1 aromatic carbocycles. The van der Waals surface area contributed by atoms with Gasteiger partial charge in [-0.1, -0.05) is 16.4 Å². The molecule has 1 atom stereocenters. The van der Waals surface area contributed by atoms with Crippen LogP contribution in [0, 0.1) is 23.2 Å². The van der Waals surface area contributed by atoms with Gasteiger partial charge in [-0.3, -0.25) is 4.79 Å². The summed E-state index contributed by atoms with van der Waals surface area (Å²) in [5.41, 5.74) is 1.63. The van der Waals surface area contributed by atoms with Crippen molar-refractivity contribution in [2.45, 2.75) is 51.5 Å². The number of fused-ring (bicyclic) bond motifs is 1. The van der Waals surface area contributed by atoms with E-state index in [2.05, 4.69) is 22.6 Å². The molecule has 2 aromatic rings. The summed E-state index contributed by atoms with van der Waals surface area (Å²) in [5.74, 6) is 2.51. The number of amides is 1. The van der Waals surface area contributed by atoms with Crippen molar-refractivity contribution < 1.29 is 9.63 Å². The molecule has 1 amide bonds. The highest BCUT2D eigenvalue weighted by atomic mass is 35.5. The van der Waals surface area contributed by atoms with Gasteiger partial charge in [-0.15, -0.1) is 5.10 Å². The van der Waals surface area contributed by atoms with Crippen LogP contribution in [0.15, 0.2) is 18.2 Å². The Morgan fingerprint density at radius 1 is 1.30 bits per heavy atom. The van der Waals surface area contributed by atoms with Gasteiger partial charge < -0.3 is 10.2 Å². The molecule has 4 fully saturated rings. The molecule has 1 heterocycles. The maximum absolute atomic E-state index is 12.5. The van der Waals surface area contributed by atoms with Gasteiger partial charge in [0, 0.05) is 11.1 Å². The summed E-state index contributed by atoms with van der Waals surface area (Å²) in [6.45, 7) is 2.09. The molecule has 0 spiro atoms. The van der Waals surface area contributed by atoms with E-state index in [1.54, 1.807) is 18.2 Å². The summed E-state index contributed by atoms with van der Waals surface area (Å²) in [4.78, 5) is 19.4. The van der Waals surface area contributed by atoms with E-state index in [1.165, 1.54) is 43.4 Å². The number of carbonyl (C=O) groups is 1. The summed E-state index contributed by atoms with van der Waals surface area (Å²) in [6, 6.07) is 5.44. The average Bonchev–Trinajstić information content (AvgIpc) is 3.01. The molecule has 1 aromatic heterocycles. The largest absolute Gasteiger partial charge is 0.385 e. The maximum atomic E-state index is 12.5. The molecule has 0 aliphatic heterocycles. The molecule has 0 radical (unpaired) electrons. The molecule has 27 heavy (non-hydrogen) atoms. The first kappa shape index (κ1) is 17.3. The first-order chi connectivity index (χ1) is 13.0. The van der Waals surface area contributed by atoms with Crippen LogP contribution in [0.2, 0.25) is 5.02 Å². The van der Waals surface area contributed by atoms with Gasteiger partial charge in [-0.2, -0.15) is 0 Å². The number of halogens is 1. The smallest absolute Gasteiger partial charge is 0.261 e. The van der Waals surface area contributed by atoms with Crippen molar-refractivity contribution in [2.24, 2.45) is 23.2 Å². The Labute approximate surface area is 163 Å². The van der Waals surface area contributed by atoms with Crippen molar-refractivity contribution in [1.82, 2.24) is 20.5 Å². The lowest BCUT2D eigenvalue weighted by Gasteiger charge is -2.59. The number of hydrogen-bond donors (Lipinski definition) is 1. The Kier molecular flexibility index (Phi) is 4.08. The highest BCUT2D eigenvalue weighted by Gasteiger charge is 2.53. The van der Waals surface area contributed by atoms with Gasteiger partial charge in [0.25, 0.3) is 5.91 Å². The summed E-state index contributed by atoms with van der Waals surface area (Å²) in [6.07, 6.45) is 8.04. The monoisotopic (exact) mass is 388 g/mol. The van der Waals surface area contributed by atoms with Crippen LogP contribution in [0.3, 0.4) is 0 Å². The minimum Gasteiger partial charge on any atom is -0.385 e. The van der Waals surface area contributed by atoms with E-state index in [-0.39, 0.29) is 24.0 Å². The maximum Gasteiger partial charge on any atom is 0.261 e. The molecule has 4 aliphatic rings. The van der Waals surface area contributed by atoms with E-state index < -0.39 is 0 Å². The third kappa shape index (κ3) is 3.08. The molecule has 1 N–H and O–H groups in total. The fourth-order valence-corrected chi connectivity index (χ4v) is 6.40. The minimum absolute atomic E-state index is 0.0817. The second-order valence-electron chi connectivity index (χ2n) is 8.94. The molecular weight excluding hydrogens is 364 g/mol. The van der Waals surface area contributed by atoms with Gasteiger partial charge in [-0.25, -0.2) is 0 Å². The van der Waals surface area contributed by atoms with Crippen LogP contribution in [0.4, 0.5) is 0 Å². The van der Waals surface area contributed by atoms with E-state index in [1.807, 2.05) is 0 Å². The lowest BCUT2D eigenvalue weighted by molar-refractivity contribution is -0.130. The zero-order chi connectivity index (χ0) is 18.6. The van der Waals surface area contributed by atoms with Crippen LogP contribution in [0.5, 0.6) is 0 Å². The molecule has 144 valence electrons. The van der Waals surface area contributed by atoms with Gasteiger partial charge in [0.05, 0.1) is 0 Å². The normalized spacial score (nSPS) is 32.6. The molecule has 6 rings (SSSR count). The van der Waals surface area contributed by atoms with Crippen LogP contribution in [-0.4, -0.2) is 33.7 Å². The predicted molar refractivity (Wildman–Crippen MR) is 102 cm³/mol. The molecule has 0 saturated heterocycles. The molecule has 7 heteroatoms. The van der Waals surface area contributed by atoms with Gasteiger partial charge in [0.1, 0.15) is 11.0 Å². The quantitative estimate of drug-likeness (QED) is 0.853. The van der Waals surface area contributed by atoms with Gasteiger partial charge in [0.15, 0.2) is 6.61 Å². The summed E-state index contributed by atoms with van der Waals surface area (Å²) in [7, 11) is 0. The number of benzene rings is 1. The lowest BCUT2D eigenvalue weighted by Crippen LogP contribution is -2.56. The van der Waals surface area contributed by atoms with Gasteiger partial charge in [0.2, 0.25) is 0 Å². The van der Waals surface area contributed by atoms with E-state index in [4.69, 9.17) is 16.4 Å². The number of aromatic nitrogens is 3.